The number of aromatic nitrogens is 1. The summed E-state index contributed by atoms with van der Waals surface area (Å²) in [5.41, 5.74) is 4.21. The second-order valence-corrected chi connectivity index (χ2v) is 8.92. The zero-order valence-electron chi connectivity index (χ0n) is 18.9. The molecule has 0 saturated carbocycles. The van der Waals surface area contributed by atoms with Crippen molar-refractivity contribution in [3.8, 4) is 5.75 Å². The number of carbonyl (C=O) groups excluding carboxylic acids is 3. The molecule has 3 N–H and O–H groups in total. The first kappa shape index (κ1) is 24.9. The van der Waals surface area contributed by atoms with Gasteiger partial charge in [-0.3, -0.25) is 9.59 Å². The van der Waals surface area contributed by atoms with Crippen LogP contribution >= 0.6 is 22.9 Å². The standard InChI is InChI=1S/C26H20ClN3O5S/c1-35-26(34)22(10-15-5-8-21-23(11-15)36-14-29-21)30-25(33)19-7-6-17(12-20(19)27)24(32)28-13-16-3-2-4-18(31)9-16/h2-12,14,31H,13H2,1H3,(H,28,32)(H,30,33). The molecule has 0 fully saturated rings. The number of rotatable bonds is 7. The Kier molecular flexibility index (Phi) is 7.62. The smallest absolute Gasteiger partial charge is 0.354 e. The second-order valence-electron chi connectivity index (χ2n) is 7.63. The van der Waals surface area contributed by atoms with Crippen LogP contribution in [-0.2, 0) is 16.1 Å². The number of aromatic hydroxyl groups is 1. The maximum absolute atomic E-state index is 12.9. The van der Waals surface area contributed by atoms with E-state index in [-0.39, 0.29) is 34.1 Å². The lowest BCUT2D eigenvalue weighted by molar-refractivity contribution is -0.136. The SMILES string of the molecule is COC(=O)C(=Cc1ccc2ncsc2c1)NC(=O)c1ccc(C(=O)NCc2cccc(O)c2)cc1Cl. The van der Waals surface area contributed by atoms with Gasteiger partial charge in [-0.25, -0.2) is 9.78 Å². The van der Waals surface area contributed by atoms with Crippen LogP contribution < -0.4 is 10.6 Å². The van der Waals surface area contributed by atoms with Crippen LogP contribution in [0.1, 0.15) is 31.8 Å². The summed E-state index contributed by atoms with van der Waals surface area (Å²) in [5.74, 6) is -1.67. The molecule has 0 bridgehead atoms. The lowest BCUT2D eigenvalue weighted by atomic mass is 10.1. The summed E-state index contributed by atoms with van der Waals surface area (Å²) in [7, 11) is 1.21. The van der Waals surface area contributed by atoms with Crippen molar-refractivity contribution in [3.63, 3.8) is 0 Å². The van der Waals surface area contributed by atoms with Gasteiger partial charge in [0.25, 0.3) is 11.8 Å². The zero-order chi connectivity index (χ0) is 25.7. The number of fused-ring (bicyclic) bond motifs is 1. The van der Waals surface area contributed by atoms with E-state index in [9.17, 15) is 19.5 Å². The Hall–Kier alpha value is -4.21. The van der Waals surface area contributed by atoms with Gasteiger partial charge in [0.05, 0.1) is 33.4 Å². The molecule has 3 aromatic carbocycles. The number of phenolic OH excluding ortho intramolecular Hbond substituents is 1. The van der Waals surface area contributed by atoms with Crippen LogP contribution in [0.15, 0.2) is 71.9 Å². The Bertz CT molecular complexity index is 1500. The minimum atomic E-state index is -0.730. The average Bonchev–Trinajstić information content (AvgIpc) is 3.34. The fourth-order valence-corrected chi connectivity index (χ4v) is 4.36. The maximum atomic E-state index is 12.9. The molecule has 0 atom stereocenters. The summed E-state index contributed by atoms with van der Waals surface area (Å²) in [6.45, 7) is 0.202. The van der Waals surface area contributed by atoms with Crippen molar-refractivity contribution in [1.29, 1.82) is 0 Å². The van der Waals surface area contributed by atoms with E-state index in [0.29, 0.717) is 5.56 Å². The highest BCUT2D eigenvalue weighted by atomic mass is 35.5. The maximum Gasteiger partial charge on any atom is 0.354 e. The molecule has 8 nitrogen and oxygen atoms in total. The normalized spacial score (nSPS) is 11.2. The van der Waals surface area contributed by atoms with Gasteiger partial charge in [0, 0.05) is 12.1 Å². The lowest BCUT2D eigenvalue weighted by Gasteiger charge is -2.11. The molecule has 4 rings (SSSR count). The number of thiazole rings is 1. The van der Waals surface area contributed by atoms with E-state index < -0.39 is 17.8 Å². The van der Waals surface area contributed by atoms with E-state index in [0.717, 1.165) is 15.8 Å². The Morgan fingerprint density at radius 3 is 2.67 bits per heavy atom. The molecule has 0 radical (unpaired) electrons. The van der Waals surface area contributed by atoms with Crippen LogP contribution in [0.2, 0.25) is 5.02 Å². The van der Waals surface area contributed by atoms with E-state index in [1.165, 1.54) is 48.8 Å². The van der Waals surface area contributed by atoms with Crippen LogP contribution in [0.4, 0.5) is 0 Å². The van der Waals surface area contributed by atoms with E-state index in [1.54, 1.807) is 29.8 Å². The Morgan fingerprint density at radius 1 is 1.08 bits per heavy atom. The summed E-state index contributed by atoms with van der Waals surface area (Å²) < 4.78 is 5.74. The number of hydrogen-bond acceptors (Lipinski definition) is 7. The third kappa shape index (κ3) is 5.88. The molecule has 0 unspecified atom stereocenters. The fraction of sp³-hybridized carbons (Fsp3) is 0.0769. The molecule has 10 heteroatoms. The largest absolute Gasteiger partial charge is 0.508 e. The van der Waals surface area contributed by atoms with Crippen LogP contribution in [0, 0.1) is 0 Å². The number of benzene rings is 3. The van der Waals surface area contributed by atoms with Crippen molar-refractivity contribution in [1.82, 2.24) is 15.6 Å². The van der Waals surface area contributed by atoms with Crippen molar-refractivity contribution in [2.24, 2.45) is 0 Å². The van der Waals surface area contributed by atoms with Gasteiger partial charge in [0.2, 0.25) is 0 Å². The molecule has 2 amide bonds. The molecule has 0 saturated heterocycles. The van der Waals surface area contributed by atoms with Gasteiger partial charge in [0.15, 0.2) is 0 Å². The average molecular weight is 522 g/mol. The minimum Gasteiger partial charge on any atom is -0.508 e. The highest BCUT2D eigenvalue weighted by Gasteiger charge is 2.18. The van der Waals surface area contributed by atoms with E-state index in [4.69, 9.17) is 16.3 Å². The summed E-state index contributed by atoms with van der Waals surface area (Å²) in [6, 6.07) is 16.2. The number of esters is 1. The topological polar surface area (TPSA) is 118 Å². The molecule has 0 aliphatic heterocycles. The van der Waals surface area contributed by atoms with Gasteiger partial charge in [-0.05, 0) is 59.7 Å². The predicted molar refractivity (Wildman–Crippen MR) is 138 cm³/mol. The van der Waals surface area contributed by atoms with Crippen molar-refractivity contribution in [2.45, 2.75) is 6.54 Å². The van der Waals surface area contributed by atoms with Crippen molar-refractivity contribution in [2.75, 3.05) is 7.11 Å². The molecule has 1 heterocycles. The van der Waals surface area contributed by atoms with Gasteiger partial charge in [-0.1, -0.05) is 29.8 Å². The van der Waals surface area contributed by atoms with Crippen LogP contribution in [0.25, 0.3) is 16.3 Å². The van der Waals surface area contributed by atoms with Crippen molar-refractivity contribution >= 4 is 57.0 Å². The van der Waals surface area contributed by atoms with Crippen LogP contribution in [0.5, 0.6) is 5.75 Å². The molecule has 1 aromatic heterocycles. The molecule has 36 heavy (non-hydrogen) atoms. The lowest BCUT2D eigenvalue weighted by Crippen LogP contribution is -2.28. The first-order chi connectivity index (χ1) is 17.3. The highest BCUT2D eigenvalue weighted by molar-refractivity contribution is 7.16. The van der Waals surface area contributed by atoms with Crippen molar-refractivity contribution in [3.05, 3.63) is 99.1 Å². The van der Waals surface area contributed by atoms with E-state index in [1.807, 2.05) is 12.1 Å². The number of amides is 2. The number of phenols is 1. The highest BCUT2D eigenvalue weighted by Crippen LogP contribution is 2.22. The number of carbonyl (C=O) groups is 3. The van der Waals surface area contributed by atoms with Gasteiger partial charge < -0.3 is 20.5 Å². The minimum absolute atomic E-state index is 0.0350. The van der Waals surface area contributed by atoms with E-state index >= 15 is 0 Å². The van der Waals surface area contributed by atoms with Gasteiger partial charge in [0.1, 0.15) is 11.4 Å². The van der Waals surface area contributed by atoms with Crippen molar-refractivity contribution < 1.29 is 24.2 Å². The number of nitrogens with zero attached hydrogens (tertiary/aromatic N) is 1. The fourth-order valence-electron chi connectivity index (χ4n) is 3.37. The molecule has 0 aliphatic carbocycles. The number of nitrogens with one attached hydrogen (secondary N) is 2. The van der Waals surface area contributed by atoms with Gasteiger partial charge in [-0.15, -0.1) is 11.3 Å². The van der Waals surface area contributed by atoms with Crippen LogP contribution in [-0.4, -0.2) is 35.0 Å². The molecular weight excluding hydrogens is 502 g/mol. The third-order valence-electron chi connectivity index (χ3n) is 5.16. The number of hydrogen-bond donors (Lipinski definition) is 3. The number of halogens is 1. The quantitative estimate of drug-likeness (QED) is 0.243. The predicted octanol–water partition coefficient (Wildman–Crippen LogP) is 4.53. The number of ether oxygens (including phenoxy) is 1. The Morgan fingerprint density at radius 2 is 1.92 bits per heavy atom. The zero-order valence-corrected chi connectivity index (χ0v) is 20.5. The summed E-state index contributed by atoms with van der Waals surface area (Å²) in [5, 5.41) is 14.8. The molecule has 0 spiro atoms. The summed E-state index contributed by atoms with van der Waals surface area (Å²) in [4.78, 5) is 42.0. The summed E-state index contributed by atoms with van der Waals surface area (Å²) >= 11 is 7.76. The molecule has 182 valence electrons. The Labute approximate surface area is 215 Å². The molecule has 0 aliphatic rings. The second kappa shape index (κ2) is 11.0. The number of methoxy groups -OCH3 is 1. The summed E-state index contributed by atoms with van der Waals surface area (Å²) in [6.07, 6.45) is 1.50. The van der Waals surface area contributed by atoms with E-state index in [2.05, 4.69) is 15.6 Å². The molecule has 4 aromatic rings. The van der Waals surface area contributed by atoms with Gasteiger partial charge >= 0.3 is 5.97 Å². The monoisotopic (exact) mass is 521 g/mol. The first-order valence-electron chi connectivity index (χ1n) is 10.6. The first-order valence-corrected chi connectivity index (χ1v) is 11.9. The Balaban J connectivity index is 1.49. The third-order valence-corrected chi connectivity index (χ3v) is 6.26. The van der Waals surface area contributed by atoms with Gasteiger partial charge in [-0.2, -0.15) is 0 Å². The molecular formula is C26H20ClN3O5S. The van der Waals surface area contributed by atoms with Crippen LogP contribution in [0.3, 0.4) is 0 Å².